The summed E-state index contributed by atoms with van der Waals surface area (Å²) in [5.41, 5.74) is 3.06. The first-order valence-electron chi connectivity index (χ1n) is 9.77. The number of aromatic nitrogens is 1. The Bertz CT molecular complexity index is 998. The van der Waals surface area contributed by atoms with Crippen LogP contribution in [0.5, 0.6) is 0 Å². The Morgan fingerprint density at radius 2 is 1.90 bits per heavy atom. The van der Waals surface area contributed by atoms with Gasteiger partial charge in [0.05, 0.1) is 0 Å². The molecule has 6 heteroatoms. The highest BCUT2D eigenvalue weighted by Gasteiger charge is 2.34. The van der Waals surface area contributed by atoms with Gasteiger partial charge in [-0.2, -0.15) is 0 Å². The molecule has 3 aromatic rings. The molecule has 0 unspecified atom stereocenters. The van der Waals surface area contributed by atoms with E-state index in [9.17, 15) is 9.59 Å². The molecule has 1 aromatic heterocycles. The van der Waals surface area contributed by atoms with Crippen LogP contribution in [0.2, 0.25) is 0 Å². The number of nitrogens with one attached hydrogen (secondary N) is 1. The van der Waals surface area contributed by atoms with Crippen LogP contribution in [-0.4, -0.2) is 34.3 Å². The summed E-state index contributed by atoms with van der Waals surface area (Å²) in [7, 11) is 0. The van der Waals surface area contributed by atoms with Crippen LogP contribution in [0.4, 0.5) is 5.13 Å². The van der Waals surface area contributed by atoms with Gasteiger partial charge in [-0.05, 0) is 37.5 Å². The Morgan fingerprint density at radius 3 is 2.66 bits per heavy atom. The predicted octanol–water partition coefficient (Wildman–Crippen LogP) is 4.29. The van der Waals surface area contributed by atoms with E-state index >= 15 is 0 Å². The molecule has 0 bridgehead atoms. The smallest absolute Gasteiger partial charge is 0.254 e. The minimum Gasteiger partial charge on any atom is -0.327 e. The number of thiazole rings is 1. The summed E-state index contributed by atoms with van der Waals surface area (Å²) in [6.45, 7) is 2.67. The topological polar surface area (TPSA) is 62.3 Å². The van der Waals surface area contributed by atoms with E-state index in [-0.39, 0.29) is 11.8 Å². The molecule has 0 saturated carbocycles. The van der Waals surface area contributed by atoms with E-state index in [1.807, 2.05) is 24.4 Å². The van der Waals surface area contributed by atoms with Crippen LogP contribution in [-0.2, 0) is 11.2 Å². The molecule has 1 N–H and O–H groups in total. The first-order valence-corrected chi connectivity index (χ1v) is 10.6. The first kappa shape index (κ1) is 19.3. The second kappa shape index (κ2) is 8.57. The molecule has 5 nitrogen and oxygen atoms in total. The monoisotopic (exact) mass is 405 g/mol. The summed E-state index contributed by atoms with van der Waals surface area (Å²) < 4.78 is 0. The van der Waals surface area contributed by atoms with Crippen LogP contribution in [0.1, 0.15) is 39.2 Å². The number of anilines is 1. The third-order valence-corrected chi connectivity index (χ3v) is 6.03. The second-order valence-corrected chi connectivity index (χ2v) is 8.42. The van der Waals surface area contributed by atoms with Crippen molar-refractivity contribution in [2.24, 2.45) is 0 Å². The van der Waals surface area contributed by atoms with Crippen molar-refractivity contribution < 1.29 is 9.59 Å². The molecule has 1 saturated heterocycles. The highest BCUT2D eigenvalue weighted by atomic mass is 32.1. The molecule has 0 spiro atoms. The van der Waals surface area contributed by atoms with E-state index in [0.29, 0.717) is 23.7 Å². The Labute approximate surface area is 174 Å². The van der Waals surface area contributed by atoms with Crippen LogP contribution in [0.3, 0.4) is 0 Å². The minimum atomic E-state index is -0.452. The van der Waals surface area contributed by atoms with Gasteiger partial charge in [-0.15, -0.1) is 11.3 Å². The van der Waals surface area contributed by atoms with Gasteiger partial charge in [0.25, 0.3) is 5.91 Å². The van der Waals surface area contributed by atoms with Gasteiger partial charge in [0.15, 0.2) is 5.13 Å². The molecule has 29 heavy (non-hydrogen) atoms. The highest BCUT2D eigenvalue weighted by Crippen LogP contribution is 2.25. The van der Waals surface area contributed by atoms with Gasteiger partial charge in [0.1, 0.15) is 6.04 Å². The fourth-order valence-electron chi connectivity index (χ4n) is 3.57. The molecule has 148 valence electrons. The average molecular weight is 406 g/mol. The fourth-order valence-corrected chi connectivity index (χ4v) is 4.42. The molecular weight excluding hydrogens is 382 g/mol. The van der Waals surface area contributed by atoms with Crippen molar-refractivity contribution in [2.75, 3.05) is 11.9 Å². The van der Waals surface area contributed by atoms with Gasteiger partial charge < -0.3 is 10.2 Å². The normalized spacial score (nSPS) is 16.0. The van der Waals surface area contributed by atoms with Crippen molar-refractivity contribution in [1.29, 1.82) is 0 Å². The third kappa shape index (κ3) is 4.54. The lowest BCUT2D eigenvalue weighted by Gasteiger charge is -2.23. The molecule has 2 heterocycles. The average Bonchev–Trinajstić information content (AvgIpc) is 3.39. The predicted molar refractivity (Wildman–Crippen MR) is 115 cm³/mol. The molecule has 1 atom stereocenters. The molecule has 1 fully saturated rings. The number of benzene rings is 2. The standard InChI is InChI=1S/C23H23N3O2S/c1-16-9-11-17(12-10-16)14-19-15-24-23(29-19)25-21(27)20-8-5-13-26(20)22(28)18-6-3-2-4-7-18/h2-4,6-7,9-12,15,20H,5,8,13-14H2,1H3,(H,24,25,27)/t20-/m0/s1. The number of carbonyl (C=O) groups is 2. The Balaban J connectivity index is 1.40. The summed E-state index contributed by atoms with van der Waals surface area (Å²) in [6.07, 6.45) is 4.09. The van der Waals surface area contributed by atoms with Crippen LogP contribution >= 0.6 is 11.3 Å². The first-order chi connectivity index (χ1) is 14.1. The van der Waals surface area contributed by atoms with E-state index in [1.54, 1.807) is 17.0 Å². The van der Waals surface area contributed by atoms with Gasteiger partial charge in [0, 0.05) is 29.6 Å². The quantitative estimate of drug-likeness (QED) is 0.689. The number of nitrogens with zero attached hydrogens (tertiary/aromatic N) is 2. The third-order valence-electron chi connectivity index (χ3n) is 5.12. The molecular formula is C23H23N3O2S. The van der Waals surface area contributed by atoms with Gasteiger partial charge in [-0.25, -0.2) is 4.98 Å². The number of hydrogen-bond acceptors (Lipinski definition) is 4. The number of likely N-dealkylation sites (tertiary alicyclic amines) is 1. The maximum absolute atomic E-state index is 12.8. The SMILES string of the molecule is Cc1ccc(Cc2cnc(NC(=O)[C@@H]3CCCN3C(=O)c3ccccc3)s2)cc1. The van der Waals surface area contributed by atoms with Gasteiger partial charge in [0.2, 0.25) is 5.91 Å². The van der Waals surface area contributed by atoms with Crippen LogP contribution in [0, 0.1) is 6.92 Å². The summed E-state index contributed by atoms with van der Waals surface area (Å²) in [5, 5.41) is 3.49. The van der Waals surface area contributed by atoms with Gasteiger partial charge in [-0.1, -0.05) is 48.0 Å². The highest BCUT2D eigenvalue weighted by molar-refractivity contribution is 7.15. The molecule has 1 aliphatic rings. The number of carbonyl (C=O) groups excluding carboxylic acids is 2. The van der Waals surface area contributed by atoms with Crippen LogP contribution < -0.4 is 5.32 Å². The lowest BCUT2D eigenvalue weighted by Crippen LogP contribution is -2.43. The van der Waals surface area contributed by atoms with Crippen molar-refractivity contribution in [3.63, 3.8) is 0 Å². The molecule has 2 aromatic carbocycles. The van der Waals surface area contributed by atoms with E-state index in [1.165, 1.54) is 22.5 Å². The Hall–Kier alpha value is -2.99. The zero-order valence-electron chi connectivity index (χ0n) is 16.3. The molecule has 0 radical (unpaired) electrons. The van der Waals surface area contributed by atoms with E-state index < -0.39 is 6.04 Å². The van der Waals surface area contributed by atoms with Crippen molar-refractivity contribution >= 4 is 28.3 Å². The Morgan fingerprint density at radius 1 is 1.14 bits per heavy atom. The summed E-state index contributed by atoms with van der Waals surface area (Å²) in [6, 6.07) is 17.1. The molecule has 4 rings (SSSR count). The zero-order chi connectivity index (χ0) is 20.2. The van der Waals surface area contributed by atoms with Crippen LogP contribution in [0.15, 0.2) is 60.8 Å². The van der Waals surface area contributed by atoms with E-state index in [4.69, 9.17) is 0 Å². The molecule has 0 aliphatic carbocycles. The largest absolute Gasteiger partial charge is 0.327 e. The summed E-state index contributed by atoms with van der Waals surface area (Å²) >= 11 is 1.48. The summed E-state index contributed by atoms with van der Waals surface area (Å²) in [5.74, 6) is -0.259. The fraction of sp³-hybridized carbons (Fsp3) is 0.261. The number of hydrogen-bond donors (Lipinski definition) is 1. The van der Waals surface area contributed by atoms with Gasteiger partial charge in [-0.3, -0.25) is 9.59 Å². The maximum Gasteiger partial charge on any atom is 0.254 e. The van der Waals surface area contributed by atoms with Crippen molar-refractivity contribution in [3.8, 4) is 0 Å². The second-order valence-electron chi connectivity index (χ2n) is 7.31. The van der Waals surface area contributed by atoms with E-state index in [0.717, 1.165) is 17.7 Å². The van der Waals surface area contributed by atoms with Crippen molar-refractivity contribution in [2.45, 2.75) is 32.2 Å². The molecule has 2 amide bonds. The maximum atomic E-state index is 12.8. The van der Waals surface area contributed by atoms with Crippen molar-refractivity contribution in [3.05, 3.63) is 82.4 Å². The lowest BCUT2D eigenvalue weighted by atomic mass is 10.1. The van der Waals surface area contributed by atoms with E-state index in [2.05, 4.69) is 41.5 Å². The minimum absolute atomic E-state index is 0.0950. The number of amides is 2. The number of aryl methyl sites for hydroxylation is 1. The number of rotatable bonds is 5. The van der Waals surface area contributed by atoms with Crippen LogP contribution in [0.25, 0.3) is 0 Å². The van der Waals surface area contributed by atoms with Gasteiger partial charge >= 0.3 is 0 Å². The zero-order valence-corrected chi connectivity index (χ0v) is 17.1. The lowest BCUT2D eigenvalue weighted by molar-refractivity contribution is -0.119. The van der Waals surface area contributed by atoms with Crippen molar-refractivity contribution in [1.82, 2.24) is 9.88 Å². The molecule has 1 aliphatic heterocycles. The summed E-state index contributed by atoms with van der Waals surface area (Å²) in [4.78, 5) is 32.7. The Kier molecular flexibility index (Phi) is 5.71.